The van der Waals surface area contributed by atoms with Crippen molar-refractivity contribution < 1.29 is 18.3 Å². The van der Waals surface area contributed by atoms with Gasteiger partial charge >= 0.3 is 0 Å². The fourth-order valence-electron chi connectivity index (χ4n) is 4.04. The lowest BCUT2D eigenvalue weighted by molar-refractivity contribution is -0.116. The molecule has 0 spiro atoms. The summed E-state index contributed by atoms with van der Waals surface area (Å²) in [6, 6.07) is 11.2. The number of unbranched alkanes of at least 4 members (excludes halogenated alkanes) is 3. The summed E-state index contributed by atoms with van der Waals surface area (Å²) in [7, 11) is 0. The lowest BCUT2D eigenvalue weighted by Gasteiger charge is -2.22. The fourth-order valence-corrected chi connectivity index (χ4v) is 4.04. The van der Waals surface area contributed by atoms with E-state index in [1.165, 1.54) is 43.0 Å². The van der Waals surface area contributed by atoms with E-state index in [1.807, 2.05) is 19.1 Å². The quantitative estimate of drug-likeness (QED) is 0.370. The third-order valence-corrected chi connectivity index (χ3v) is 5.96. The van der Waals surface area contributed by atoms with Crippen LogP contribution < -0.4 is 4.74 Å². The van der Waals surface area contributed by atoms with Crippen LogP contribution in [0, 0.1) is 11.6 Å². The zero-order valence-electron chi connectivity index (χ0n) is 18.6. The fraction of sp³-hybridized carbons (Fsp3) is 0.444. The van der Waals surface area contributed by atoms with Crippen molar-refractivity contribution in [2.75, 3.05) is 6.61 Å². The minimum atomic E-state index is -0.984. The van der Waals surface area contributed by atoms with E-state index >= 15 is 0 Å². The minimum Gasteiger partial charge on any atom is -0.490 e. The van der Waals surface area contributed by atoms with Crippen LogP contribution >= 0.6 is 0 Å². The molecule has 0 amide bonds. The van der Waals surface area contributed by atoms with Crippen molar-refractivity contribution in [1.29, 1.82) is 0 Å². The molecule has 2 nitrogen and oxygen atoms in total. The molecule has 0 aromatic heterocycles. The molecule has 0 saturated heterocycles. The van der Waals surface area contributed by atoms with Gasteiger partial charge in [0, 0.05) is 11.5 Å². The normalized spacial score (nSPS) is 16.3. The van der Waals surface area contributed by atoms with Gasteiger partial charge in [0.2, 0.25) is 5.82 Å². The van der Waals surface area contributed by atoms with Crippen LogP contribution in [0.4, 0.5) is 8.78 Å². The maximum atomic E-state index is 14.7. The molecule has 2 aromatic rings. The van der Waals surface area contributed by atoms with Crippen LogP contribution in [0.2, 0.25) is 0 Å². The molecule has 0 aliphatic heterocycles. The molecule has 0 fully saturated rings. The Labute approximate surface area is 184 Å². The zero-order valence-corrected chi connectivity index (χ0v) is 18.6. The number of aryl methyl sites for hydroxylation is 1. The molecular weight excluding hydrogens is 394 g/mol. The highest BCUT2D eigenvalue weighted by molar-refractivity contribution is 6.02. The molecule has 1 aliphatic rings. The van der Waals surface area contributed by atoms with Gasteiger partial charge in [-0.1, -0.05) is 57.4 Å². The lowest BCUT2D eigenvalue weighted by Crippen LogP contribution is -2.16. The van der Waals surface area contributed by atoms with Gasteiger partial charge in [0.1, 0.15) is 0 Å². The number of allylic oxidation sites excluding steroid dienone is 2. The molecule has 0 bridgehead atoms. The van der Waals surface area contributed by atoms with Gasteiger partial charge in [-0.2, -0.15) is 4.39 Å². The van der Waals surface area contributed by atoms with Gasteiger partial charge in [-0.25, -0.2) is 4.39 Å². The SMILES string of the molecule is CCCCCc1ccc(C2CCC(c3ccc(OCCCC)c(F)c3F)=CC2=O)cc1. The summed E-state index contributed by atoms with van der Waals surface area (Å²) < 4.78 is 34.4. The minimum absolute atomic E-state index is 0.0527. The maximum Gasteiger partial charge on any atom is 0.201 e. The Hall–Kier alpha value is -2.49. The smallest absolute Gasteiger partial charge is 0.201 e. The predicted molar refractivity (Wildman–Crippen MR) is 121 cm³/mol. The molecule has 0 saturated carbocycles. The molecule has 0 radical (unpaired) electrons. The van der Waals surface area contributed by atoms with E-state index in [4.69, 9.17) is 4.74 Å². The zero-order chi connectivity index (χ0) is 22.2. The van der Waals surface area contributed by atoms with Crippen molar-refractivity contribution in [3.05, 3.63) is 70.8 Å². The number of rotatable bonds is 10. The van der Waals surface area contributed by atoms with Crippen molar-refractivity contribution >= 4 is 11.4 Å². The van der Waals surface area contributed by atoms with Crippen molar-refractivity contribution in [3.63, 3.8) is 0 Å². The van der Waals surface area contributed by atoms with Crippen molar-refractivity contribution in [3.8, 4) is 5.75 Å². The second-order valence-corrected chi connectivity index (χ2v) is 8.30. The first-order chi connectivity index (χ1) is 15.0. The molecule has 3 rings (SSSR count). The van der Waals surface area contributed by atoms with Crippen LogP contribution in [0.1, 0.15) is 81.4 Å². The average molecular weight is 427 g/mol. The Morgan fingerprint density at radius 1 is 0.935 bits per heavy atom. The number of benzene rings is 2. The summed E-state index contributed by atoms with van der Waals surface area (Å²) in [6.45, 7) is 4.55. The summed E-state index contributed by atoms with van der Waals surface area (Å²) in [6.07, 6.45) is 8.95. The summed E-state index contributed by atoms with van der Waals surface area (Å²) in [4.78, 5) is 12.8. The van der Waals surface area contributed by atoms with Gasteiger partial charge in [0.15, 0.2) is 17.3 Å². The summed E-state index contributed by atoms with van der Waals surface area (Å²) in [5.74, 6) is -2.28. The summed E-state index contributed by atoms with van der Waals surface area (Å²) in [5, 5.41) is 0. The Bertz CT molecular complexity index is 916. The van der Waals surface area contributed by atoms with E-state index < -0.39 is 11.6 Å². The van der Waals surface area contributed by atoms with Gasteiger partial charge in [0.25, 0.3) is 0 Å². The maximum absolute atomic E-state index is 14.7. The average Bonchev–Trinajstić information content (AvgIpc) is 2.78. The van der Waals surface area contributed by atoms with E-state index in [-0.39, 0.29) is 23.0 Å². The van der Waals surface area contributed by atoms with Crippen LogP contribution in [-0.4, -0.2) is 12.4 Å². The Morgan fingerprint density at radius 3 is 2.35 bits per heavy atom. The molecule has 0 heterocycles. The number of carbonyl (C=O) groups is 1. The molecule has 4 heteroatoms. The van der Waals surface area contributed by atoms with E-state index in [9.17, 15) is 13.6 Å². The number of hydrogen-bond donors (Lipinski definition) is 0. The molecule has 1 unspecified atom stereocenters. The van der Waals surface area contributed by atoms with Gasteiger partial charge in [-0.05, 0) is 67.0 Å². The number of hydrogen-bond acceptors (Lipinski definition) is 2. The number of ketones is 1. The van der Waals surface area contributed by atoms with Crippen LogP contribution in [0.25, 0.3) is 5.57 Å². The molecule has 1 atom stereocenters. The number of halogens is 2. The molecule has 2 aromatic carbocycles. The van der Waals surface area contributed by atoms with Crippen molar-refractivity contribution in [2.24, 2.45) is 0 Å². The van der Waals surface area contributed by atoms with Crippen molar-refractivity contribution in [2.45, 2.75) is 71.1 Å². The highest BCUT2D eigenvalue weighted by Crippen LogP contribution is 2.36. The van der Waals surface area contributed by atoms with Crippen LogP contribution in [0.5, 0.6) is 5.75 Å². The van der Waals surface area contributed by atoms with Gasteiger partial charge in [-0.15, -0.1) is 0 Å². The Balaban J connectivity index is 1.71. The molecule has 1 aliphatic carbocycles. The summed E-state index contributed by atoms with van der Waals surface area (Å²) >= 11 is 0. The van der Waals surface area contributed by atoms with E-state index in [1.54, 1.807) is 0 Å². The lowest BCUT2D eigenvalue weighted by atomic mass is 9.81. The Kier molecular flexibility index (Phi) is 8.39. The highest BCUT2D eigenvalue weighted by atomic mass is 19.2. The predicted octanol–water partition coefficient (Wildman–Crippen LogP) is 7.41. The van der Waals surface area contributed by atoms with Crippen LogP contribution in [0.15, 0.2) is 42.5 Å². The van der Waals surface area contributed by atoms with Crippen LogP contribution in [-0.2, 0) is 11.2 Å². The molecule has 166 valence electrons. The molecule has 0 N–H and O–H groups in total. The third-order valence-electron chi connectivity index (χ3n) is 5.96. The Morgan fingerprint density at radius 2 is 1.68 bits per heavy atom. The highest BCUT2D eigenvalue weighted by Gasteiger charge is 2.27. The molecule has 31 heavy (non-hydrogen) atoms. The van der Waals surface area contributed by atoms with Crippen molar-refractivity contribution in [1.82, 2.24) is 0 Å². The van der Waals surface area contributed by atoms with Crippen LogP contribution in [0.3, 0.4) is 0 Å². The monoisotopic (exact) mass is 426 g/mol. The van der Waals surface area contributed by atoms with Gasteiger partial charge in [0.05, 0.1) is 6.61 Å². The second kappa shape index (κ2) is 11.2. The van der Waals surface area contributed by atoms with E-state index in [2.05, 4.69) is 19.1 Å². The topological polar surface area (TPSA) is 26.3 Å². The number of ether oxygens (including phenoxy) is 1. The largest absolute Gasteiger partial charge is 0.490 e. The summed E-state index contributed by atoms with van der Waals surface area (Å²) in [5.41, 5.74) is 2.98. The first kappa shape index (κ1) is 23.2. The molecular formula is C27H32F2O2. The van der Waals surface area contributed by atoms with E-state index in [0.717, 1.165) is 24.8 Å². The first-order valence-corrected chi connectivity index (χ1v) is 11.5. The van der Waals surface area contributed by atoms with Gasteiger partial charge < -0.3 is 4.74 Å². The first-order valence-electron chi connectivity index (χ1n) is 11.5. The van der Waals surface area contributed by atoms with Gasteiger partial charge in [-0.3, -0.25) is 4.79 Å². The second-order valence-electron chi connectivity index (χ2n) is 8.30. The standard InChI is InChI=1S/C27H32F2O2/c1-3-5-7-8-19-9-11-20(12-10-19)22-14-13-21(18-24(22)30)23-15-16-25(27(29)26(23)28)31-17-6-4-2/h9-12,15-16,18,22H,3-8,13-14,17H2,1-2H3. The number of carbonyl (C=O) groups excluding carboxylic acids is 1. The van der Waals surface area contributed by atoms with E-state index in [0.29, 0.717) is 25.0 Å². The third kappa shape index (κ3) is 5.81.